The van der Waals surface area contributed by atoms with Gasteiger partial charge in [0.05, 0.1) is 0 Å². The Morgan fingerprint density at radius 2 is 0.833 bits per heavy atom. The number of aryl methyl sites for hydroxylation is 2. The molecule has 0 aromatic heterocycles. The van der Waals surface area contributed by atoms with Gasteiger partial charge in [-0.05, 0) is 103 Å². The van der Waals surface area contributed by atoms with Gasteiger partial charge in [-0.15, -0.1) is 0 Å². The normalized spacial score (nSPS) is 11.0. The maximum atomic E-state index is 2.33. The highest BCUT2D eigenvalue weighted by Crippen LogP contribution is 2.37. The average molecular weight is 543 g/mol. The minimum Gasteiger partial charge on any atom is -0.311 e. The molecule has 0 amide bonds. The molecule has 0 saturated carbocycles. The van der Waals surface area contributed by atoms with Crippen LogP contribution < -0.4 is 9.80 Å². The number of hydrogen-bond acceptors (Lipinski definition) is 2. The molecule has 0 spiro atoms. The summed E-state index contributed by atoms with van der Waals surface area (Å²) in [5, 5.41) is 0. The van der Waals surface area contributed by atoms with Crippen molar-refractivity contribution in [1.82, 2.24) is 0 Å². The lowest BCUT2D eigenvalue weighted by Gasteiger charge is -2.27. The van der Waals surface area contributed by atoms with Crippen LogP contribution in [0.25, 0.3) is 12.2 Å². The fourth-order valence-corrected chi connectivity index (χ4v) is 5.27. The molecule has 0 atom stereocenters. The van der Waals surface area contributed by atoms with Crippen LogP contribution in [-0.2, 0) is 0 Å². The van der Waals surface area contributed by atoms with Crippen LogP contribution in [0.5, 0.6) is 0 Å². The Labute approximate surface area is 249 Å². The lowest BCUT2D eigenvalue weighted by Crippen LogP contribution is -2.11. The Kier molecular flexibility index (Phi) is 7.96. The number of benzene rings is 6. The zero-order chi connectivity index (χ0) is 28.7. The third-order valence-electron chi connectivity index (χ3n) is 7.42. The second-order valence-corrected chi connectivity index (χ2v) is 10.5. The molecular formula is C40H34N2. The summed E-state index contributed by atoms with van der Waals surface area (Å²) in [5.41, 5.74) is 11.7. The van der Waals surface area contributed by atoms with Gasteiger partial charge in [0.1, 0.15) is 0 Å². The van der Waals surface area contributed by atoms with Crippen molar-refractivity contribution in [3.05, 3.63) is 180 Å². The molecule has 42 heavy (non-hydrogen) atoms. The van der Waals surface area contributed by atoms with Gasteiger partial charge in [-0.2, -0.15) is 0 Å². The van der Waals surface area contributed by atoms with Crippen LogP contribution in [0.2, 0.25) is 0 Å². The maximum absolute atomic E-state index is 2.33. The van der Waals surface area contributed by atoms with E-state index in [2.05, 4.69) is 194 Å². The van der Waals surface area contributed by atoms with E-state index in [0.717, 1.165) is 39.6 Å². The fourth-order valence-electron chi connectivity index (χ4n) is 5.27. The van der Waals surface area contributed by atoms with E-state index in [9.17, 15) is 0 Å². The first-order valence-electron chi connectivity index (χ1n) is 14.4. The van der Waals surface area contributed by atoms with Crippen LogP contribution in [0.4, 0.5) is 34.1 Å². The molecule has 6 aromatic carbocycles. The monoisotopic (exact) mass is 542 g/mol. The van der Waals surface area contributed by atoms with E-state index in [1.165, 1.54) is 16.8 Å². The highest BCUT2D eigenvalue weighted by molar-refractivity contribution is 5.81. The minimum absolute atomic E-state index is 1.13. The molecule has 0 radical (unpaired) electrons. The summed E-state index contributed by atoms with van der Waals surface area (Å²) in [6.07, 6.45) is 4.35. The number of anilines is 6. The molecule has 0 aliphatic heterocycles. The molecule has 204 valence electrons. The van der Waals surface area contributed by atoms with Crippen LogP contribution in [0.1, 0.15) is 22.3 Å². The standard InChI is InChI=1S/C40H34N2/c1-31-12-11-18-39(30-31)42(40-19-10-9-13-32(40)2)38-28-24-34(25-29-38)21-20-33-22-26-37(27-23-33)41(35-14-5-3-6-15-35)36-16-7-4-8-17-36/h3-30H,1-2H3/b21-20+. The third kappa shape index (κ3) is 6.04. The van der Waals surface area contributed by atoms with Gasteiger partial charge in [0.25, 0.3) is 0 Å². The van der Waals surface area contributed by atoms with Gasteiger partial charge < -0.3 is 9.80 Å². The van der Waals surface area contributed by atoms with Gasteiger partial charge in [0.2, 0.25) is 0 Å². The van der Waals surface area contributed by atoms with Crippen LogP contribution in [0.15, 0.2) is 158 Å². The first-order valence-corrected chi connectivity index (χ1v) is 14.4. The highest BCUT2D eigenvalue weighted by atomic mass is 15.1. The summed E-state index contributed by atoms with van der Waals surface area (Å²) < 4.78 is 0. The summed E-state index contributed by atoms with van der Waals surface area (Å²) in [6, 6.07) is 55.7. The highest BCUT2D eigenvalue weighted by Gasteiger charge is 2.14. The zero-order valence-electron chi connectivity index (χ0n) is 24.1. The molecule has 6 rings (SSSR count). The van der Waals surface area contributed by atoms with E-state index >= 15 is 0 Å². The van der Waals surface area contributed by atoms with Crippen molar-refractivity contribution in [3.8, 4) is 0 Å². The van der Waals surface area contributed by atoms with Crippen molar-refractivity contribution in [3.63, 3.8) is 0 Å². The van der Waals surface area contributed by atoms with Gasteiger partial charge in [0.15, 0.2) is 0 Å². The number of para-hydroxylation sites is 3. The van der Waals surface area contributed by atoms with Crippen LogP contribution in [-0.4, -0.2) is 0 Å². The first-order chi connectivity index (χ1) is 20.7. The molecule has 2 heteroatoms. The Bertz CT molecular complexity index is 1730. The van der Waals surface area contributed by atoms with E-state index in [-0.39, 0.29) is 0 Å². The minimum atomic E-state index is 1.13. The van der Waals surface area contributed by atoms with Crippen LogP contribution >= 0.6 is 0 Å². The van der Waals surface area contributed by atoms with E-state index < -0.39 is 0 Å². The number of hydrogen-bond donors (Lipinski definition) is 0. The van der Waals surface area contributed by atoms with Crippen LogP contribution in [0.3, 0.4) is 0 Å². The summed E-state index contributed by atoms with van der Waals surface area (Å²) in [4.78, 5) is 4.61. The summed E-state index contributed by atoms with van der Waals surface area (Å²) >= 11 is 0. The quantitative estimate of drug-likeness (QED) is 0.176. The van der Waals surface area contributed by atoms with Crippen molar-refractivity contribution >= 4 is 46.3 Å². The van der Waals surface area contributed by atoms with Gasteiger partial charge in [0, 0.05) is 34.1 Å². The Hall–Kier alpha value is -5.34. The molecule has 0 aliphatic carbocycles. The average Bonchev–Trinajstić information content (AvgIpc) is 3.04. The second-order valence-electron chi connectivity index (χ2n) is 10.5. The molecule has 2 nitrogen and oxygen atoms in total. The second kappa shape index (κ2) is 12.4. The molecule has 0 saturated heterocycles. The topological polar surface area (TPSA) is 6.48 Å². The number of rotatable bonds is 8. The van der Waals surface area contributed by atoms with Gasteiger partial charge >= 0.3 is 0 Å². The maximum Gasteiger partial charge on any atom is 0.0490 e. The molecule has 0 unspecified atom stereocenters. The third-order valence-corrected chi connectivity index (χ3v) is 7.42. The molecule has 0 aliphatic rings. The van der Waals surface area contributed by atoms with E-state index in [1.54, 1.807) is 0 Å². The Morgan fingerprint density at radius 1 is 0.381 bits per heavy atom. The van der Waals surface area contributed by atoms with E-state index in [1.807, 2.05) is 0 Å². The molecule has 6 aromatic rings. The van der Waals surface area contributed by atoms with Crippen molar-refractivity contribution in [2.75, 3.05) is 9.80 Å². The summed E-state index contributed by atoms with van der Waals surface area (Å²) in [5.74, 6) is 0. The van der Waals surface area contributed by atoms with E-state index in [0.29, 0.717) is 0 Å². The largest absolute Gasteiger partial charge is 0.311 e. The SMILES string of the molecule is Cc1cccc(N(c2ccc(/C=C/c3ccc(N(c4ccccc4)c4ccccc4)cc3)cc2)c2ccccc2C)c1. The van der Waals surface area contributed by atoms with Gasteiger partial charge in [-0.25, -0.2) is 0 Å². The fraction of sp³-hybridized carbons (Fsp3) is 0.0500. The van der Waals surface area contributed by atoms with Crippen molar-refractivity contribution in [2.24, 2.45) is 0 Å². The molecule has 0 bridgehead atoms. The van der Waals surface area contributed by atoms with Gasteiger partial charge in [-0.1, -0.05) is 103 Å². The predicted octanol–water partition coefficient (Wildman–Crippen LogP) is 11.4. The molecule has 0 heterocycles. The smallest absolute Gasteiger partial charge is 0.0490 e. The van der Waals surface area contributed by atoms with Gasteiger partial charge in [-0.3, -0.25) is 0 Å². The van der Waals surface area contributed by atoms with E-state index in [4.69, 9.17) is 0 Å². The van der Waals surface area contributed by atoms with Crippen LogP contribution in [0, 0.1) is 13.8 Å². The first kappa shape index (κ1) is 26.9. The Morgan fingerprint density at radius 3 is 1.36 bits per heavy atom. The lowest BCUT2D eigenvalue weighted by molar-refractivity contribution is 1.24. The van der Waals surface area contributed by atoms with Crippen molar-refractivity contribution < 1.29 is 0 Å². The van der Waals surface area contributed by atoms with Crippen molar-refractivity contribution in [1.29, 1.82) is 0 Å². The zero-order valence-corrected chi connectivity index (χ0v) is 24.1. The number of nitrogens with zero attached hydrogens (tertiary/aromatic N) is 2. The lowest BCUT2D eigenvalue weighted by atomic mass is 10.1. The molecule has 0 N–H and O–H groups in total. The molecule has 0 fully saturated rings. The summed E-state index contributed by atoms with van der Waals surface area (Å²) in [6.45, 7) is 4.31. The predicted molar refractivity (Wildman–Crippen MR) is 181 cm³/mol. The van der Waals surface area contributed by atoms with Crippen molar-refractivity contribution in [2.45, 2.75) is 13.8 Å². The Balaban J connectivity index is 1.24. The molecular weight excluding hydrogens is 508 g/mol. The summed E-state index contributed by atoms with van der Waals surface area (Å²) in [7, 11) is 0.